The van der Waals surface area contributed by atoms with Crippen molar-refractivity contribution in [1.29, 1.82) is 0 Å². The number of H-pyrrole nitrogens is 1. The van der Waals surface area contributed by atoms with Crippen LogP contribution >= 0.6 is 0 Å². The zero-order valence-corrected chi connectivity index (χ0v) is 10.4. The highest BCUT2D eigenvalue weighted by atomic mass is 16.5. The first-order valence-electron chi connectivity index (χ1n) is 6.08. The minimum atomic E-state index is -0.370. The first-order chi connectivity index (χ1) is 9.10. The quantitative estimate of drug-likeness (QED) is 0.680. The van der Waals surface area contributed by atoms with Gasteiger partial charge in [-0.1, -0.05) is 6.92 Å². The molecule has 1 aliphatic heterocycles. The molecule has 0 bridgehead atoms. The van der Waals surface area contributed by atoms with Crippen molar-refractivity contribution in [2.24, 2.45) is 5.92 Å². The monoisotopic (exact) mass is 265 g/mol. The number of nitrogens with zero attached hydrogens (tertiary/aromatic N) is 3. The van der Waals surface area contributed by atoms with Crippen molar-refractivity contribution in [3.8, 4) is 0 Å². The summed E-state index contributed by atoms with van der Waals surface area (Å²) in [5, 5.41) is 9.16. The van der Waals surface area contributed by atoms with E-state index >= 15 is 0 Å². The van der Waals surface area contributed by atoms with Gasteiger partial charge in [0.05, 0.1) is 19.0 Å². The van der Waals surface area contributed by atoms with Gasteiger partial charge < -0.3 is 15.6 Å². The van der Waals surface area contributed by atoms with Gasteiger partial charge in [-0.05, 0) is 6.42 Å². The fourth-order valence-corrected chi connectivity index (χ4v) is 2.50. The summed E-state index contributed by atoms with van der Waals surface area (Å²) in [4.78, 5) is 22.3. The molecule has 0 amide bonds. The van der Waals surface area contributed by atoms with Crippen molar-refractivity contribution in [3.63, 3.8) is 0 Å². The molecule has 0 radical (unpaired) electrons. The van der Waals surface area contributed by atoms with Crippen LogP contribution in [-0.2, 0) is 4.74 Å². The van der Waals surface area contributed by atoms with Gasteiger partial charge in [-0.2, -0.15) is 4.98 Å². The van der Waals surface area contributed by atoms with Gasteiger partial charge >= 0.3 is 0 Å². The molecule has 3 rings (SSSR count). The first kappa shape index (κ1) is 12.1. The van der Waals surface area contributed by atoms with E-state index in [0.717, 1.165) is 6.42 Å². The number of aliphatic hydroxyl groups is 1. The Morgan fingerprint density at radius 1 is 1.68 bits per heavy atom. The number of aromatic nitrogens is 4. The molecule has 3 heterocycles. The summed E-state index contributed by atoms with van der Waals surface area (Å²) in [7, 11) is 0. The highest BCUT2D eigenvalue weighted by molar-refractivity contribution is 5.70. The topological polar surface area (TPSA) is 119 Å². The Bertz CT molecular complexity index is 664. The van der Waals surface area contributed by atoms with Crippen LogP contribution in [-0.4, -0.2) is 37.3 Å². The molecule has 1 fully saturated rings. The summed E-state index contributed by atoms with van der Waals surface area (Å²) < 4.78 is 7.43. The van der Waals surface area contributed by atoms with E-state index in [4.69, 9.17) is 15.6 Å². The van der Waals surface area contributed by atoms with E-state index in [-0.39, 0.29) is 41.9 Å². The third kappa shape index (κ3) is 1.89. The van der Waals surface area contributed by atoms with E-state index in [1.165, 1.54) is 6.33 Å². The first-order valence-corrected chi connectivity index (χ1v) is 6.08. The molecular weight excluding hydrogens is 250 g/mol. The Labute approximate surface area is 108 Å². The SMILES string of the molecule is CC1C[C@@H](CO)OC1n1cnc2c(=O)[nH]c(N)nc21. The minimum Gasteiger partial charge on any atom is -0.394 e. The van der Waals surface area contributed by atoms with E-state index < -0.39 is 0 Å². The van der Waals surface area contributed by atoms with Gasteiger partial charge in [0.25, 0.3) is 5.56 Å². The van der Waals surface area contributed by atoms with E-state index in [2.05, 4.69) is 15.0 Å². The van der Waals surface area contributed by atoms with Crippen molar-refractivity contribution < 1.29 is 9.84 Å². The van der Waals surface area contributed by atoms with Gasteiger partial charge in [-0.15, -0.1) is 0 Å². The average Bonchev–Trinajstić information content (AvgIpc) is 2.92. The Morgan fingerprint density at radius 3 is 3.16 bits per heavy atom. The van der Waals surface area contributed by atoms with Gasteiger partial charge in [0.15, 0.2) is 11.2 Å². The van der Waals surface area contributed by atoms with Gasteiger partial charge in [0.1, 0.15) is 6.23 Å². The summed E-state index contributed by atoms with van der Waals surface area (Å²) in [5.41, 5.74) is 5.81. The number of aromatic amines is 1. The fraction of sp³-hybridized carbons (Fsp3) is 0.545. The second kappa shape index (κ2) is 4.32. The molecule has 4 N–H and O–H groups in total. The normalized spacial score (nSPS) is 27.2. The summed E-state index contributed by atoms with van der Waals surface area (Å²) in [6, 6.07) is 0. The van der Waals surface area contributed by atoms with Crippen LogP contribution < -0.4 is 11.3 Å². The standard InChI is InChI=1S/C11H15N5O3/c1-5-2-6(3-17)19-10(5)16-4-13-7-8(16)14-11(12)15-9(7)18/h4-6,10,17H,2-3H2,1H3,(H3,12,14,15,18)/t5?,6-,10?/m0/s1. The molecule has 1 saturated heterocycles. The lowest BCUT2D eigenvalue weighted by Gasteiger charge is -2.17. The number of aliphatic hydroxyl groups excluding tert-OH is 1. The second-order valence-corrected chi connectivity index (χ2v) is 4.82. The molecule has 0 spiro atoms. The Morgan fingerprint density at radius 2 is 2.47 bits per heavy atom. The number of nitrogens with two attached hydrogens (primary N) is 1. The van der Waals surface area contributed by atoms with Gasteiger partial charge in [0.2, 0.25) is 5.95 Å². The molecule has 1 aliphatic rings. The molecule has 19 heavy (non-hydrogen) atoms. The lowest BCUT2D eigenvalue weighted by molar-refractivity contribution is -0.0294. The molecule has 3 atom stereocenters. The van der Waals surface area contributed by atoms with Crippen LogP contribution in [0.15, 0.2) is 11.1 Å². The van der Waals surface area contributed by atoms with Crippen LogP contribution in [0.5, 0.6) is 0 Å². The van der Waals surface area contributed by atoms with E-state index in [1.54, 1.807) is 4.57 Å². The van der Waals surface area contributed by atoms with Crippen molar-refractivity contribution in [2.45, 2.75) is 25.7 Å². The molecule has 2 aromatic rings. The Hall–Kier alpha value is -1.93. The summed E-state index contributed by atoms with van der Waals surface area (Å²) in [6.45, 7) is 1.99. The zero-order valence-electron chi connectivity index (χ0n) is 10.4. The van der Waals surface area contributed by atoms with E-state index in [9.17, 15) is 4.79 Å². The smallest absolute Gasteiger partial charge is 0.280 e. The summed E-state index contributed by atoms with van der Waals surface area (Å²) >= 11 is 0. The van der Waals surface area contributed by atoms with Crippen molar-refractivity contribution in [3.05, 3.63) is 16.7 Å². The van der Waals surface area contributed by atoms with Crippen LogP contribution in [0.2, 0.25) is 0 Å². The number of imidazole rings is 1. The maximum atomic E-state index is 11.7. The number of fused-ring (bicyclic) bond motifs is 1. The lowest BCUT2D eigenvalue weighted by Crippen LogP contribution is -2.17. The number of hydrogen-bond donors (Lipinski definition) is 3. The summed E-state index contributed by atoms with van der Waals surface area (Å²) in [6.07, 6.45) is 1.78. The molecule has 8 heteroatoms. The fourth-order valence-electron chi connectivity index (χ4n) is 2.50. The second-order valence-electron chi connectivity index (χ2n) is 4.82. The lowest BCUT2D eigenvalue weighted by atomic mass is 10.1. The average molecular weight is 265 g/mol. The number of rotatable bonds is 2. The molecule has 2 unspecified atom stereocenters. The number of hydrogen-bond acceptors (Lipinski definition) is 6. The van der Waals surface area contributed by atoms with Crippen LogP contribution in [0.25, 0.3) is 11.2 Å². The van der Waals surface area contributed by atoms with Gasteiger partial charge in [-0.25, -0.2) is 4.98 Å². The van der Waals surface area contributed by atoms with Gasteiger partial charge in [0, 0.05) is 5.92 Å². The van der Waals surface area contributed by atoms with Crippen molar-refractivity contribution in [2.75, 3.05) is 12.3 Å². The Kier molecular flexibility index (Phi) is 2.76. The number of nitrogen functional groups attached to an aromatic ring is 1. The summed E-state index contributed by atoms with van der Waals surface area (Å²) in [5.74, 6) is 0.237. The zero-order chi connectivity index (χ0) is 13.6. The molecule has 8 nitrogen and oxygen atoms in total. The maximum absolute atomic E-state index is 11.7. The van der Waals surface area contributed by atoms with Crippen molar-refractivity contribution >= 4 is 17.1 Å². The third-order valence-corrected chi connectivity index (χ3v) is 3.38. The molecule has 0 aliphatic carbocycles. The highest BCUT2D eigenvalue weighted by Gasteiger charge is 2.34. The predicted molar refractivity (Wildman–Crippen MR) is 67.3 cm³/mol. The Balaban J connectivity index is 2.09. The van der Waals surface area contributed by atoms with Crippen LogP contribution in [0.1, 0.15) is 19.6 Å². The molecular formula is C11H15N5O3. The molecule has 0 aromatic carbocycles. The maximum Gasteiger partial charge on any atom is 0.280 e. The number of ether oxygens (including phenoxy) is 1. The van der Waals surface area contributed by atoms with Crippen LogP contribution in [0, 0.1) is 5.92 Å². The third-order valence-electron chi connectivity index (χ3n) is 3.38. The van der Waals surface area contributed by atoms with Crippen molar-refractivity contribution in [1.82, 2.24) is 19.5 Å². The van der Waals surface area contributed by atoms with Gasteiger partial charge in [-0.3, -0.25) is 14.3 Å². The molecule has 2 aromatic heterocycles. The predicted octanol–water partition coefficient (Wildman–Crippen LogP) is -0.382. The highest BCUT2D eigenvalue weighted by Crippen LogP contribution is 2.34. The molecule has 0 saturated carbocycles. The number of anilines is 1. The van der Waals surface area contributed by atoms with Crippen LogP contribution in [0.4, 0.5) is 5.95 Å². The molecule has 102 valence electrons. The van der Waals surface area contributed by atoms with Crippen LogP contribution in [0.3, 0.4) is 0 Å². The number of nitrogens with one attached hydrogen (secondary N) is 1. The van der Waals surface area contributed by atoms with E-state index in [0.29, 0.717) is 5.65 Å². The van der Waals surface area contributed by atoms with E-state index in [1.807, 2.05) is 6.92 Å². The largest absolute Gasteiger partial charge is 0.394 e. The minimum absolute atomic E-state index is 0.0242.